The van der Waals surface area contributed by atoms with E-state index in [0.29, 0.717) is 37.6 Å². The Labute approximate surface area is 205 Å². The maximum atomic E-state index is 14.7. The average Bonchev–Trinajstić information content (AvgIpc) is 2.84. The van der Waals surface area contributed by atoms with Gasteiger partial charge in [0.1, 0.15) is 17.2 Å². The lowest BCUT2D eigenvalue weighted by atomic mass is 9.98. The van der Waals surface area contributed by atoms with Crippen LogP contribution in [0.3, 0.4) is 0 Å². The summed E-state index contributed by atoms with van der Waals surface area (Å²) in [6, 6.07) is 8.16. The maximum absolute atomic E-state index is 14.7. The molecule has 3 heterocycles. The summed E-state index contributed by atoms with van der Waals surface area (Å²) in [4.78, 5) is 33.1. The molecule has 1 aromatic heterocycles. The third-order valence-corrected chi connectivity index (χ3v) is 5.93. The molecule has 0 bridgehead atoms. The van der Waals surface area contributed by atoms with Crippen molar-refractivity contribution in [1.82, 2.24) is 15.2 Å². The van der Waals surface area contributed by atoms with Gasteiger partial charge in [-0.05, 0) is 63.6 Å². The summed E-state index contributed by atoms with van der Waals surface area (Å²) in [5.74, 6) is -0.433. The SMILES string of the molecule is CC(C)(C)OC(=O)N1CCN(c2ccc(NC(=O)c3ccc(C4=CCNCC4)c(F)c3)nc2)CC1. The summed E-state index contributed by atoms with van der Waals surface area (Å²) < 4.78 is 20.1. The smallest absolute Gasteiger partial charge is 0.410 e. The van der Waals surface area contributed by atoms with E-state index < -0.39 is 17.3 Å². The van der Waals surface area contributed by atoms with E-state index in [-0.39, 0.29) is 11.7 Å². The number of amides is 2. The van der Waals surface area contributed by atoms with Crippen molar-refractivity contribution in [3.63, 3.8) is 0 Å². The van der Waals surface area contributed by atoms with E-state index in [1.54, 1.807) is 29.3 Å². The summed E-state index contributed by atoms with van der Waals surface area (Å²) in [5.41, 5.74) is 2.12. The number of hydrogen-bond donors (Lipinski definition) is 2. The monoisotopic (exact) mass is 481 g/mol. The van der Waals surface area contributed by atoms with Gasteiger partial charge in [-0.15, -0.1) is 0 Å². The van der Waals surface area contributed by atoms with Crippen molar-refractivity contribution in [2.24, 2.45) is 0 Å². The fraction of sp³-hybridized carbons (Fsp3) is 0.423. The molecule has 0 aliphatic carbocycles. The number of nitrogens with zero attached hydrogens (tertiary/aromatic N) is 3. The predicted molar refractivity (Wildman–Crippen MR) is 134 cm³/mol. The van der Waals surface area contributed by atoms with Gasteiger partial charge in [-0.3, -0.25) is 4.79 Å². The van der Waals surface area contributed by atoms with Gasteiger partial charge in [0.25, 0.3) is 5.91 Å². The van der Waals surface area contributed by atoms with Crippen LogP contribution in [0.2, 0.25) is 0 Å². The standard InChI is InChI=1S/C26H32FN5O3/c1-26(2,3)35-25(34)32-14-12-31(13-15-32)20-5-7-23(29-17-20)30-24(33)19-4-6-21(22(27)16-19)18-8-10-28-11-9-18/h4-8,16-17,28H,9-15H2,1-3H3,(H,29,30,33). The number of carbonyl (C=O) groups excluding carboxylic acids is 2. The topological polar surface area (TPSA) is 86.8 Å². The van der Waals surface area contributed by atoms with Crippen molar-refractivity contribution in [2.75, 3.05) is 49.5 Å². The highest BCUT2D eigenvalue weighted by Crippen LogP contribution is 2.24. The van der Waals surface area contributed by atoms with Crippen molar-refractivity contribution < 1.29 is 18.7 Å². The van der Waals surface area contributed by atoms with Crippen LogP contribution in [0.25, 0.3) is 5.57 Å². The third kappa shape index (κ3) is 6.36. The molecule has 2 N–H and O–H groups in total. The quantitative estimate of drug-likeness (QED) is 0.689. The normalized spacial score (nSPS) is 16.5. The van der Waals surface area contributed by atoms with Gasteiger partial charge in [0.15, 0.2) is 0 Å². The number of benzene rings is 1. The van der Waals surface area contributed by atoms with Crippen LogP contribution in [0.15, 0.2) is 42.6 Å². The van der Waals surface area contributed by atoms with E-state index in [2.05, 4.69) is 20.5 Å². The first-order valence-electron chi connectivity index (χ1n) is 11.9. The highest BCUT2D eigenvalue weighted by molar-refractivity contribution is 6.04. The minimum Gasteiger partial charge on any atom is -0.444 e. The van der Waals surface area contributed by atoms with Gasteiger partial charge < -0.3 is 25.2 Å². The molecule has 2 aromatic rings. The number of aromatic nitrogens is 1. The molecular formula is C26H32FN5O3. The number of hydrogen-bond acceptors (Lipinski definition) is 6. The lowest BCUT2D eigenvalue weighted by Crippen LogP contribution is -2.50. The van der Waals surface area contributed by atoms with Crippen molar-refractivity contribution >= 4 is 29.1 Å². The molecule has 2 aliphatic heterocycles. The van der Waals surface area contributed by atoms with E-state index in [4.69, 9.17) is 4.74 Å². The number of anilines is 2. The van der Waals surface area contributed by atoms with Crippen LogP contribution in [0.1, 0.15) is 43.1 Å². The minimum absolute atomic E-state index is 0.241. The second kappa shape index (κ2) is 10.4. The molecule has 1 aromatic carbocycles. The van der Waals surface area contributed by atoms with Gasteiger partial charge in [-0.1, -0.05) is 12.1 Å². The molecule has 0 spiro atoms. The third-order valence-electron chi connectivity index (χ3n) is 5.93. The summed E-state index contributed by atoms with van der Waals surface area (Å²) in [7, 11) is 0. The number of pyridine rings is 1. The largest absolute Gasteiger partial charge is 0.444 e. The molecular weight excluding hydrogens is 449 g/mol. The lowest BCUT2D eigenvalue weighted by Gasteiger charge is -2.36. The first-order chi connectivity index (χ1) is 16.7. The molecule has 2 aliphatic rings. The second-order valence-corrected chi connectivity index (χ2v) is 9.69. The van der Waals surface area contributed by atoms with Crippen LogP contribution in [0, 0.1) is 5.82 Å². The summed E-state index contributed by atoms with van der Waals surface area (Å²) in [5, 5.41) is 5.93. The van der Waals surface area contributed by atoms with Crippen LogP contribution in [-0.2, 0) is 4.74 Å². The van der Waals surface area contributed by atoms with Crippen LogP contribution in [0.5, 0.6) is 0 Å². The van der Waals surface area contributed by atoms with Gasteiger partial charge in [0.2, 0.25) is 0 Å². The molecule has 2 amide bonds. The summed E-state index contributed by atoms with van der Waals surface area (Å²) in [6.07, 6.45) is 4.12. The zero-order valence-corrected chi connectivity index (χ0v) is 20.4. The molecule has 4 rings (SSSR count). The lowest BCUT2D eigenvalue weighted by molar-refractivity contribution is 0.0240. The Kier molecular flexibility index (Phi) is 7.35. The Morgan fingerprint density at radius 1 is 1.11 bits per heavy atom. The Balaban J connectivity index is 1.32. The van der Waals surface area contributed by atoms with E-state index in [0.717, 1.165) is 30.8 Å². The van der Waals surface area contributed by atoms with Gasteiger partial charge >= 0.3 is 6.09 Å². The van der Waals surface area contributed by atoms with E-state index >= 15 is 0 Å². The zero-order chi connectivity index (χ0) is 25.0. The zero-order valence-electron chi connectivity index (χ0n) is 20.4. The van der Waals surface area contributed by atoms with Crippen LogP contribution in [0.4, 0.5) is 20.7 Å². The predicted octanol–water partition coefficient (Wildman–Crippen LogP) is 3.91. The summed E-state index contributed by atoms with van der Waals surface area (Å²) in [6.45, 7) is 9.52. The first-order valence-corrected chi connectivity index (χ1v) is 11.9. The van der Waals surface area contributed by atoms with Gasteiger partial charge in [0.05, 0.1) is 11.9 Å². The molecule has 9 heteroatoms. The number of nitrogens with one attached hydrogen (secondary N) is 2. The fourth-order valence-corrected chi connectivity index (χ4v) is 4.09. The Hall–Kier alpha value is -3.46. The Bertz CT molecular complexity index is 1100. The van der Waals surface area contributed by atoms with Crippen molar-refractivity contribution in [1.29, 1.82) is 0 Å². The van der Waals surface area contributed by atoms with Crippen LogP contribution < -0.4 is 15.5 Å². The maximum Gasteiger partial charge on any atom is 0.410 e. The van der Waals surface area contributed by atoms with E-state index in [9.17, 15) is 14.0 Å². The highest BCUT2D eigenvalue weighted by atomic mass is 19.1. The Morgan fingerprint density at radius 2 is 1.89 bits per heavy atom. The van der Waals surface area contributed by atoms with Crippen LogP contribution >= 0.6 is 0 Å². The molecule has 186 valence electrons. The molecule has 0 radical (unpaired) electrons. The van der Waals surface area contributed by atoms with Gasteiger partial charge in [-0.25, -0.2) is 14.2 Å². The number of halogens is 1. The minimum atomic E-state index is -0.517. The van der Waals surface area contributed by atoms with Gasteiger partial charge in [0, 0.05) is 43.9 Å². The molecule has 0 atom stereocenters. The number of piperazine rings is 1. The van der Waals surface area contributed by atoms with E-state index in [1.807, 2.05) is 32.9 Å². The molecule has 1 saturated heterocycles. The summed E-state index contributed by atoms with van der Waals surface area (Å²) >= 11 is 0. The molecule has 35 heavy (non-hydrogen) atoms. The average molecular weight is 482 g/mol. The molecule has 0 unspecified atom stereocenters. The second-order valence-electron chi connectivity index (χ2n) is 9.69. The van der Waals surface area contributed by atoms with E-state index in [1.165, 1.54) is 6.07 Å². The Morgan fingerprint density at radius 3 is 2.49 bits per heavy atom. The van der Waals surface area contributed by atoms with Crippen molar-refractivity contribution in [2.45, 2.75) is 32.8 Å². The van der Waals surface area contributed by atoms with Crippen LogP contribution in [-0.4, -0.2) is 66.8 Å². The molecule has 0 saturated carbocycles. The first kappa shape index (κ1) is 24.7. The molecule has 8 nitrogen and oxygen atoms in total. The highest BCUT2D eigenvalue weighted by Gasteiger charge is 2.26. The van der Waals surface area contributed by atoms with Gasteiger partial charge in [-0.2, -0.15) is 0 Å². The van der Waals surface area contributed by atoms with Crippen molar-refractivity contribution in [3.8, 4) is 0 Å². The number of carbonyl (C=O) groups is 2. The van der Waals surface area contributed by atoms with Crippen molar-refractivity contribution in [3.05, 3.63) is 59.5 Å². The number of ether oxygens (including phenoxy) is 1. The molecule has 1 fully saturated rings. The number of rotatable bonds is 4. The fourth-order valence-electron chi connectivity index (χ4n) is 4.09.